The number of nitrogens with one attached hydrogen (secondary N) is 1. The number of hydrogen-bond donors (Lipinski definition) is 2. The Bertz CT molecular complexity index is 765. The lowest BCUT2D eigenvalue weighted by molar-refractivity contribution is -0.384. The highest BCUT2D eigenvalue weighted by molar-refractivity contribution is 7.82. The van der Waals surface area contributed by atoms with Crippen LogP contribution in [0.25, 0.3) is 0 Å². The van der Waals surface area contributed by atoms with Crippen molar-refractivity contribution in [2.75, 3.05) is 4.31 Å². The number of aryl methyl sites for hydroxylation is 1. The van der Waals surface area contributed by atoms with Gasteiger partial charge in [-0.1, -0.05) is 37.1 Å². The van der Waals surface area contributed by atoms with E-state index in [9.17, 15) is 19.7 Å². The number of rotatable bonds is 3. The van der Waals surface area contributed by atoms with Crippen LogP contribution in [0.15, 0.2) is 48.5 Å². The number of carbonyl (C=O) groups excluding carboxylic acids is 2. The molecule has 0 aliphatic carbocycles. The molecule has 0 aliphatic rings. The van der Waals surface area contributed by atoms with E-state index in [-0.39, 0.29) is 11.4 Å². The molecule has 0 atom stereocenters. The third-order valence-electron chi connectivity index (χ3n) is 3.00. The monoisotopic (exact) mass is 331 g/mol. The molecule has 0 spiro atoms. The summed E-state index contributed by atoms with van der Waals surface area (Å²) in [6.45, 7) is 1.72. The van der Waals surface area contributed by atoms with E-state index in [0.717, 1.165) is 4.31 Å². The molecule has 0 fully saturated rings. The predicted octanol–water partition coefficient (Wildman–Crippen LogP) is 3.10. The molecule has 23 heavy (non-hydrogen) atoms. The Hall–Kier alpha value is -2.87. The summed E-state index contributed by atoms with van der Waals surface area (Å²) in [5.74, 6) is -0.620. The number of anilines is 1. The van der Waals surface area contributed by atoms with Crippen molar-refractivity contribution in [2.24, 2.45) is 0 Å². The molecule has 118 valence electrons. The van der Waals surface area contributed by atoms with Crippen LogP contribution in [0.4, 0.5) is 16.2 Å². The number of amides is 3. The summed E-state index contributed by atoms with van der Waals surface area (Å²) in [5, 5.41) is 13.2. The highest BCUT2D eigenvalue weighted by atomic mass is 32.1. The van der Waals surface area contributed by atoms with E-state index in [1.807, 2.05) is 0 Å². The highest BCUT2D eigenvalue weighted by Crippen LogP contribution is 2.30. The minimum atomic E-state index is -0.879. The van der Waals surface area contributed by atoms with Gasteiger partial charge in [-0.2, -0.15) is 0 Å². The van der Waals surface area contributed by atoms with E-state index in [2.05, 4.69) is 18.1 Å². The van der Waals surface area contributed by atoms with Crippen molar-refractivity contribution in [3.63, 3.8) is 0 Å². The van der Waals surface area contributed by atoms with Crippen molar-refractivity contribution in [3.05, 3.63) is 69.8 Å². The molecule has 1 N–H and O–H groups in total. The number of nitro benzene ring substituents is 1. The third kappa shape index (κ3) is 3.86. The van der Waals surface area contributed by atoms with E-state index in [1.165, 1.54) is 12.1 Å². The van der Waals surface area contributed by atoms with Gasteiger partial charge in [0, 0.05) is 11.6 Å². The second-order valence-corrected chi connectivity index (χ2v) is 5.09. The largest absolute Gasteiger partial charge is 0.339 e. The van der Waals surface area contributed by atoms with Gasteiger partial charge in [0.1, 0.15) is 5.69 Å². The summed E-state index contributed by atoms with van der Waals surface area (Å²) in [7, 11) is 0. The van der Waals surface area contributed by atoms with Gasteiger partial charge in [0.2, 0.25) is 0 Å². The topological polar surface area (TPSA) is 92.6 Å². The zero-order valence-electron chi connectivity index (χ0n) is 12.1. The Morgan fingerprint density at radius 1 is 1.17 bits per heavy atom. The molecule has 0 unspecified atom stereocenters. The molecule has 7 nitrogen and oxygen atoms in total. The first kappa shape index (κ1) is 16.5. The first-order valence-electron chi connectivity index (χ1n) is 6.54. The molecular formula is C15H13N3O4S. The molecule has 0 aromatic heterocycles. The van der Waals surface area contributed by atoms with E-state index >= 15 is 0 Å². The smallest absolute Gasteiger partial charge is 0.273 e. The molecule has 0 saturated carbocycles. The molecule has 3 amide bonds. The Balaban J connectivity index is 2.22. The second kappa shape index (κ2) is 6.93. The van der Waals surface area contributed by atoms with Crippen molar-refractivity contribution in [1.29, 1.82) is 0 Å². The molecule has 2 rings (SSSR count). The van der Waals surface area contributed by atoms with Crippen LogP contribution >= 0.6 is 12.8 Å². The number of imide groups is 1. The Labute approximate surface area is 137 Å². The molecule has 0 aliphatic heterocycles. The Morgan fingerprint density at radius 3 is 2.43 bits per heavy atom. The average molecular weight is 331 g/mol. The SMILES string of the molecule is Cc1ccc([N+](=O)[O-])c(N(S)C(=O)NC(=O)c2ccccc2)c1. The molecule has 0 saturated heterocycles. The van der Waals surface area contributed by atoms with Crippen LogP contribution in [0.3, 0.4) is 0 Å². The predicted molar refractivity (Wildman–Crippen MR) is 88.6 cm³/mol. The van der Waals surface area contributed by atoms with Crippen LogP contribution in [0.1, 0.15) is 15.9 Å². The van der Waals surface area contributed by atoms with Crippen molar-refractivity contribution in [3.8, 4) is 0 Å². The lowest BCUT2D eigenvalue weighted by Crippen LogP contribution is -2.38. The van der Waals surface area contributed by atoms with Gasteiger partial charge in [-0.15, -0.1) is 0 Å². The number of benzene rings is 2. The van der Waals surface area contributed by atoms with Crippen molar-refractivity contribution in [2.45, 2.75) is 6.92 Å². The van der Waals surface area contributed by atoms with Crippen molar-refractivity contribution >= 4 is 36.1 Å². The van der Waals surface area contributed by atoms with E-state index in [1.54, 1.807) is 43.3 Å². The van der Waals surface area contributed by atoms with Crippen LogP contribution in [0.5, 0.6) is 0 Å². The number of hydrogen-bond acceptors (Lipinski definition) is 5. The van der Waals surface area contributed by atoms with Gasteiger partial charge >= 0.3 is 6.03 Å². The second-order valence-electron chi connectivity index (χ2n) is 4.69. The number of carbonyl (C=O) groups is 2. The van der Waals surface area contributed by atoms with Crippen molar-refractivity contribution < 1.29 is 14.5 Å². The summed E-state index contributed by atoms with van der Waals surface area (Å²) < 4.78 is 0.742. The van der Waals surface area contributed by atoms with E-state index < -0.39 is 16.9 Å². The van der Waals surface area contributed by atoms with Crippen LogP contribution in [0, 0.1) is 17.0 Å². The minimum Gasteiger partial charge on any atom is -0.273 e. The van der Waals surface area contributed by atoms with Crippen LogP contribution < -0.4 is 9.62 Å². The Morgan fingerprint density at radius 2 is 1.83 bits per heavy atom. The maximum Gasteiger partial charge on any atom is 0.339 e. The summed E-state index contributed by atoms with van der Waals surface area (Å²) in [6.07, 6.45) is 0. The molecule has 0 heterocycles. The normalized spacial score (nSPS) is 10.0. The fourth-order valence-electron chi connectivity index (χ4n) is 1.88. The maximum absolute atomic E-state index is 12.1. The molecule has 0 bridgehead atoms. The quantitative estimate of drug-likeness (QED) is 0.513. The van der Waals surface area contributed by atoms with Gasteiger partial charge in [0.15, 0.2) is 0 Å². The summed E-state index contributed by atoms with van der Waals surface area (Å²) >= 11 is 3.98. The molecule has 2 aromatic rings. The zero-order valence-corrected chi connectivity index (χ0v) is 13.0. The van der Waals surface area contributed by atoms with Crippen LogP contribution in [-0.2, 0) is 0 Å². The molecule has 2 aromatic carbocycles. The van der Waals surface area contributed by atoms with Gasteiger partial charge in [-0.3, -0.25) is 20.2 Å². The van der Waals surface area contributed by atoms with Crippen LogP contribution in [-0.4, -0.2) is 16.9 Å². The fourth-order valence-corrected chi connectivity index (χ4v) is 2.09. The average Bonchev–Trinajstić information content (AvgIpc) is 2.54. The molecule has 0 radical (unpaired) electrons. The van der Waals surface area contributed by atoms with Gasteiger partial charge in [-0.25, -0.2) is 9.10 Å². The van der Waals surface area contributed by atoms with Gasteiger partial charge in [0.25, 0.3) is 11.6 Å². The number of thiol groups is 1. The van der Waals surface area contributed by atoms with Crippen molar-refractivity contribution in [1.82, 2.24) is 5.32 Å². The first-order valence-corrected chi connectivity index (χ1v) is 6.94. The standard InChI is InChI=1S/C15H13N3O4S/c1-10-7-8-12(18(21)22)13(9-10)17(23)15(20)16-14(19)11-5-3-2-4-6-11/h2-9,23H,1H3,(H,16,19,20). The van der Waals surface area contributed by atoms with Gasteiger partial charge < -0.3 is 0 Å². The Kier molecular flexibility index (Phi) is 4.97. The summed E-state index contributed by atoms with van der Waals surface area (Å²) in [4.78, 5) is 34.5. The number of nitrogens with zero attached hydrogens (tertiary/aromatic N) is 2. The first-order chi connectivity index (χ1) is 10.9. The summed E-state index contributed by atoms with van der Waals surface area (Å²) in [6, 6.07) is 11.5. The lowest BCUT2D eigenvalue weighted by atomic mass is 10.2. The molecular weight excluding hydrogens is 318 g/mol. The van der Waals surface area contributed by atoms with Crippen LogP contribution in [0.2, 0.25) is 0 Å². The minimum absolute atomic E-state index is 0.0169. The van der Waals surface area contributed by atoms with Gasteiger partial charge in [-0.05, 0) is 30.7 Å². The lowest BCUT2D eigenvalue weighted by Gasteiger charge is -2.16. The van der Waals surface area contributed by atoms with E-state index in [0.29, 0.717) is 11.1 Å². The van der Waals surface area contributed by atoms with Gasteiger partial charge in [0.05, 0.1) is 4.92 Å². The maximum atomic E-state index is 12.1. The van der Waals surface area contributed by atoms with E-state index in [4.69, 9.17) is 0 Å². The highest BCUT2D eigenvalue weighted by Gasteiger charge is 2.24. The number of nitro groups is 1. The summed E-state index contributed by atoms with van der Waals surface area (Å²) in [5.41, 5.74) is 0.706. The molecule has 8 heteroatoms. The number of urea groups is 1. The third-order valence-corrected chi connectivity index (χ3v) is 3.40. The fraction of sp³-hybridized carbons (Fsp3) is 0.0667. The zero-order chi connectivity index (χ0) is 17.0.